The lowest BCUT2D eigenvalue weighted by atomic mass is 10.1. The molecule has 162 valence electrons. The van der Waals surface area contributed by atoms with Crippen LogP contribution in [-0.4, -0.2) is 54.8 Å². The second-order valence-electron chi connectivity index (χ2n) is 7.84. The smallest absolute Gasteiger partial charge is 0.253 e. The first-order valence-corrected chi connectivity index (χ1v) is 10.9. The molecule has 0 bridgehead atoms. The van der Waals surface area contributed by atoms with E-state index in [2.05, 4.69) is 4.90 Å². The third-order valence-electron chi connectivity index (χ3n) is 5.85. The van der Waals surface area contributed by atoms with Gasteiger partial charge >= 0.3 is 0 Å². The van der Waals surface area contributed by atoms with Gasteiger partial charge < -0.3 is 19.3 Å². The zero-order chi connectivity index (χ0) is 21.9. The van der Waals surface area contributed by atoms with E-state index in [-0.39, 0.29) is 5.91 Å². The Labute approximate surface area is 187 Å². The SMILES string of the molecule is COc1cccc2c1Oc1ccccc1N=C2N1CCCN(C(=O)c2ccccc2)CC1. The number of hydrogen-bond donors (Lipinski definition) is 0. The number of rotatable bonds is 2. The highest BCUT2D eigenvalue weighted by molar-refractivity contribution is 6.04. The lowest BCUT2D eigenvalue weighted by Crippen LogP contribution is -2.37. The van der Waals surface area contributed by atoms with Crippen LogP contribution in [0.4, 0.5) is 5.69 Å². The van der Waals surface area contributed by atoms with Crippen LogP contribution in [0.3, 0.4) is 0 Å². The number of amides is 1. The summed E-state index contributed by atoms with van der Waals surface area (Å²) < 4.78 is 11.9. The van der Waals surface area contributed by atoms with Crippen molar-refractivity contribution in [3.05, 3.63) is 83.9 Å². The van der Waals surface area contributed by atoms with Gasteiger partial charge in [-0.3, -0.25) is 4.79 Å². The van der Waals surface area contributed by atoms with Crippen molar-refractivity contribution in [2.75, 3.05) is 33.3 Å². The summed E-state index contributed by atoms with van der Waals surface area (Å²) in [6, 6.07) is 23.1. The first-order valence-electron chi connectivity index (χ1n) is 10.9. The molecule has 1 amide bonds. The molecule has 1 saturated heterocycles. The molecular weight excluding hydrogens is 402 g/mol. The Hall–Kier alpha value is -3.80. The molecule has 2 aliphatic rings. The van der Waals surface area contributed by atoms with Gasteiger partial charge in [0.05, 0.1) is 12.7 Å². The Morgan fingerprint density at radius 3 is 2.56 bits per heavy atom. The van der Waals surface area contributed by atoms with Crippen molar-refractivity contribution in [3.8, 4) is 17.2 Å². The molecule has 0 saturated carbocycles. The maximum Gasteiger partial charge on any atom is 0.253 e. The molecule has 2 heterocycles. The maximum atomic E-state index is 13.0. The number of carbonyl (C=O) groups is 1. The number of amidine groups is 1. The predicted octanol–water partition coefficient (Wildman–Crippen LogP) is 4.73. The minimum absolute atomic E-state index is 0.0750. The summed E-state index contributed by atoms with van der Waals surface area (Å²) in [6.45, 7) is 2.84. The molecule has 0 radical (unpaired) electrons. The van der Waals surface area contributed by atoms with Crippen molar-refractivity contribution in [3.63, 3.8) is 0 Å². The Bertz CT molecular complexity index is 1160. The summed E-state index contributed by atoms with van der Waals surface area (Å²) in [5, 5.41) is 0. The standard InChI is InChI=1S/C26H25N3O3/c1-31-23-14-7-11-20-24(23)32-22-13-6-5-12-21(22)27-25(20)28-15-8-16-29(18-17-28)26(30)19-9-3-2-4-10-19/h2-7,9-14H,8,15-18H2,1H3. The Morgan fingerprint density at radius 2 is 1.72 bits per heavy atom. The van der Waals surface area contributed by atoms with Gasteiger partial charge in [-0.25, -0.2) is 4.99 Å². The van der Waals surface area contributed by atoms with E-state index < -0.39 is 0 Å². The Morgan fingerprint density at radius 1 is 0.906 bits per heavy atom. The van der Waals surface area contributed by atoms with Gasteiger partial charge in [-0.2, -0.15) is 0 Å². The highest BCUT2D eigenvalue weighted by Gasteiger charge is 2.27. The fourth-order valence-corrected chi connectivity index (χ4v) is 4.21. The van der Waals surface area contributed by atoms with E-state index in [1.807, 2.05) is 77.7 Å². The molecule has 32 heavy (non-hydrogen) atoms. The Kier molecular flexibility index (Phi) is 5.50. The molecule has 3 aromatic carbocycles. The number of methoxy groups -OCH3 is 1. The molecular formula is C26H25N3O3. The molecule has 0 spiro atoms. The quantitative estimate of drug-likeness (QED) is 0.594. The number of benzene rings is 3. The predicted molar refractivity (Wildman–Crippen MR) is 124 cm³/mol. The third-order valence-corrected chi connectivity index (χ3v) is 5.85. The van der Waals surface area contributed by atoms with Crippen molar-refractivity contribution in [1.29, 1.82) is 0 Å². The van der Waals surface area contributed by atoms with Crippen molar-refractivity contribution in [1.82, 2.24) is 9.80 Å². The molecule has 0 unspecified atom stereocenters. The van der Waals surface area contributed by atoms with E-state index in [0.29, 0.717) is 30.3 Å². The zero-order valence-electron chi connectivity index (χ0n) is 18.0. The molecule has 3 aromatic rings. The molecule has 1 fully saturated rings. The average Bonchev–Trinajstić information content (AvgIpc) is 3.19. The van der Waals surface area contributed by atoms with Gasteiger partial charge in [0.1, 0.15) is 11.5 Å². The van der Waals surface area contributed by atoms with Crippen molar-refractivity contribution in [2.45, 2.75) is 6.42 Å². The second-order valence-corrected chi connectivity index (χ2v) is 7.84. The molecule has 0 atom stereocenters. The largest absolute Gasteiger partial charge is 0.493 e. The van der Waals surface area contributed by atoms with Gasteiger partial charge in [0, 0.05) is 31.7 Å². The summed E-state index contributed by atoms with van der Waals surface area (Å²) in [5.74, 6) is 2.95. The highest BCUT2D eigenvalue weighted by Crippen LogP contribution is 2.42. The third kappa shape index (κ3) is 3.80. The Balaban J connectivity index is 1.47. The van der Waals surface area contributed by atoms with E-state index in [9.17, 15) is 4.79 Å². The minimum Gasteiger partial charge on any atom is -0.493 e. The maximum absolute atomic E-state index is 13.0. The first-order chi connectivity index (χ1) is 15.7. The van der Waals surface area contributed by atoms with Crippen molar-refractivity contribution >= 4 is 17.4 Å². The molecule has 0 aliphatic carbocycles. The zero-order valence-corrected chi connectivity index (χ0v) is 18.0. The second kappa shape index (κ2) is 8.75. The first kappa shape index (κ1) is 20.1. The monoisotopic (exact) mass is 427 g/mol. The summed E-state index contributed by atoms with van der Waals surface area (Å²) in [5.41, 5.74) is 2.40. The molecule has 5 rings (SSSR count). The highest BCUT2D eigenvalue weighted by atomic mass is 16.5. The van der Waals surface area contributed by atoms with Gasteiger partial charge in [-0.15, -0.1) is 0 Å². The van der Waals surface area contributed by atoms with Crippen LogP contribution in [0.5, 0.6) is 17.2 Å². The van der Waals surface area contributed by atoms with Crippen LogP contribution in [0.25, 0.3) is 0 Å². The fraction of sp³-hybridized carbons (Fsp3) is 0.231. The van der Waals surface area contributed by atoms with E-state index in [1.54, 1.807) is 7.11 Å². The van der Waals surface area contributed by atoms with Crippen molar-refractivity contribution < 1.29 is 14.3 Å². The van der Waals surface area contributed by atoms with Crippen LogP contribution in [0, 0.1) is 0 Å². The van der Waals surface area contributed by atoms with Crippen LogP contribution < -0.4 is 9.47 Å². The van der Waals surface area contributed by atoms with Gasteiger partial charge in [0.15, 0.2) is 17.2 Å². The van der Waals surface area contributed by atoms with E-state index >= 15 is 0 Å². The number of fused-ring (bicyclic) bond motifs is 2. The average molecular weight is 428 g/mol. The molecule has 2 aliphatic heterocycles. The topological polar surface area (TPSA) is 54.4 Å². The summed E-state index contributed by atoms with van der Waals surface area (Å²) in [6.07, 6.45) is 0.861. The van der Waals surface area contributed by atoms with Crippen LogP contribution in [0.1, 0.15) is 22.3 Å². The lowest BCUT2D eigenvalue weighted by molar-refractivity contribution is 0.0764. The van der Waals surface area contributed by atoms with Gasteiger partial charge in [0.2, 0.25) is 0 Å². The summed E-state index contributed by atoms with van der Waals surface area (Å²) >= 11 is 0. The van der Waals surface area contributed by atoms with E-state index in [0.717, 1.165) is 42.2 Å². The number of ether oxygens (including phenoxy) is 2. The molecule has 6 nitrogen and oxygen atoms in total. The number of nitrogens with zero attached hydrogens (tertiary/aromatic N) is 3. The van der Waals surface area contributed by atoms with Gasteiger partial charge in [-0.05, 0) is 42.8 Å². The number of carbonyl (C=O) groups excluding carboxylic acids is 1. The van der Waals surface area contributed by atoms with Crippen LogP contribution in [0.15, 0.2) is 77.8 Å². The van der Waals surface area contributed by atoms with Gasteiger partial charge in [0.25, 0.3) is 5.91 Å². The summed E-state index contributed by atoms with van der Waals surface area (Å²) in [7, 11) is 1.64. The number of hydrogen-bond acceptors (Lipinski definition) is 5. The van der Waals surface area contributed by atoms with Crippen LogP contribution >= 0.6 is 0 Å². The van der Waals surface area contributed by atoms with Gasteiger partial charge in [-0.1, -0.05) is 36.4 Å². The van der Waals surface area contributed by atoms with E-state index in [1.165, 1.54) is 0 Å². The normalized spacial score (nSPS) is 15.5. The molecule has 6 heteroatoms. The molecule has 0 N–H and O–H groups in total. The van der Waals surface area contributed by atoms with Crippen LogP contribution in [-0.2, 0) is 0 Å². The van der Waals surface area contributed by atoms with Crippen LogP contribution in [0.2, 0.25) is 0 Å². The van der Waals surface area contributed by atoms with E-state index in [4.69, 9.17) is 14.5 Å². The summed E-state index contributed by atoms with van der Waals surface area (Å²) in [4.78, 5) is 22.2. The molecule has 0 aromatic heterocycles. The van der Waals surface area contributed by atoms with Crippen molar-refractivity contribution in [2.24, 2.45) is 4.99 Å². The lowest BCUT2D eigenvalue weighted by Gasteiger charge is -2.25. The number of aliphatic imine (C=N–C) groups is 1. The fourth-order valence-electron chi connectivity index (χ4n) is 4.21. The number of para-hydroxylation sites is 3. The minimum atomic E-state index is 0.0750.